The second kappa shape index (κ2) is 6.51. The van der Waals surface area contributed by atoms with Gasteiger partial charge in [-0.25, -0.2) is 4.68 Å². The highest BCUT2D eigenvalue weighted by Gasteiger charge is 2.23. The average molecular weight is 291 g/mol. The van der Waals surface area contributed by atoms with Crippen molar-refractivity contribution >= 4 is 23.4 Å². The van der Waals surface area contributed by atoms with Gasteiger partial charge in [-0.3, -0.25) is 4.79 Å². The molecule has 2 aromatic rings. The maximum absolute atomic E-state index is 12.5. The molecule has 1 atom stereocenters. The van der Waals surface area contributed by atoms with Crippen molar-refractivity contribution in [2.75, 3.05) is 11.4 Å². The van der Waals surface area contributed by atoms with Gasteiger partial charge in [0.25, 0.3) is 0 Å². The molecule has 6 nitrogen and oxygen atoms in total. The van der Waals surface area contributed by atoms with Gasteiger partial charge >= 0.3 is 0 Å². The Balaban J connectivity index is 2.11. The summed E-state index contributed by atoms with van der Waals surface area (Å²) in [5, 5.41) is 11.6. The fourth-order valence-corrected chi connectivity index (χ4v) is 2.64. The zero-order valence-corrected chi connectivity index (χ0v) is 12.5. The summed E-state index contributed by atoms with van der Waals surface area (Å²) in [4.78, 5) is 14.3. The van der Waals surface area contributed by atoms with Crippen LogP contribution in [0.15, 0.2) is 35.5 Å². The Morgan fingerprint density at radius 3 is 2.65 bits per heavy atom. The van der Waals surface area contributed by atoms with Crippen molar-refractivity contribution in [2.45, 2.75) is 24.3 Å². The van der Waals surface area contributed by atoms with Gasteiger partial charge in [-0.15, -0.1) is 5.10 Å². The van der Waals surface area contributed by atoms with Crippen molar-refractivity contribution in [2.24, 2.45) is 7.05 Å². The molecule has 0 N–H and O–H groups in total. The SMILES string of the molecule is CCN(C(=O)[C@H](C)Sc1nnnn1C)c1ccccc1. The van der Waals surface area contributed by atoms with Crippen LogP contribution in [0.5, 0.6) is 0 Å². The lowest BCUT2D eigenvalue weighted by Crippen LogP contribution is -2.36. The van der Waals surface area contributed by atoms with Crippen LogP contribution in [0, 0.1) is 0 Å². The highest BCUT2D eigenvalue weighted by molar-refractivity contribution is 8.00. The minimum absolute atomic E-state index is 0.0479. The normalized spacial score (nSPS) is 12.2. The number of hydrogen-bond donors (Lipinski definition) is 0. The molecule has 0 radical (unpaired) electrons. The number of carbonyl (C=O) groups is 1. The lowest BCUT2D eigenvalue weighted by molar-refractivity contribution is -0.117. The molecule has 0 aliphatic carbocycles. The topological polar surface area (TPSA) is 63.9 Å². The van der Waals surface area contributed by atoms with E-state index in [1.54, 1.807) is 16.6 Å². The van der Waals surface area contributed by atoms with Gasteiger partial charge in [-0.05, 0) is 36.4 Å². The second-order valence-corrected chi connectivity index (χ2v) is 5.57. The van der Waals surface area contributed by atoms with E-state index >= 15 is 0 Å². The zero-order valence-electron chi connectivity index (χ0n) is 11.7. The second-order valence-electron chi connectivity index (χ2n) is 4.26. The average Bonchev–Trinajstić information content (AvgIpc) is 2.86. The molecule has 0 spiro atoms. The van der Waals surface area contributed by atoms with Gasteiger partial charge in [-0.2, -0.15) is 0 Å². The van der Waals surface area contributed by atoms with Crippen LogP contribution in [-0.4, -0.2) is 37.9 Å². The van der Waals surface area contributed by atoms with E-state index in [9.17, 15) is 4.79 Å². The molecule has 1 aromatic carbocycles. The van der Waals surface area contributed by atoms with E-state index in [-0.39, 0.29) is 11.2 Å². The van der Waals surface area contributed by atoms with E-state index in [0.29, 0.717) is 11.7 Å². The molecule has 0 unspecified atom stereocenters. The summed E-state index contributed by atoms with van der Waals surface area (Å²) in [6.45, 7) is 4.46. The van der Waals surface area contributed by atoms with Crippen molar-refractivity contribution < 1.29 is 4.79 Å². The van der Waals surface area contributed by atoms with E-state index in [4.69, 9.17) is 0 Å². The summed E-state index contributed by atoms with van der Waals surface area (Å²) in [5.74, 6) is 0.0479. The van der Waals surface area contributed by atoms with E-state index in [2.05, 4.69) is 15.5 Å². The Labute approximate surface area is 122 Å². The van der Waals surface area contributed by atoms with Crippen molar-refractivity contribution in [1.29, 1.82) is 0 Å². The van der Waals surface area contributed by atoms with E-state index in [1.807, 2.05) is 44.2 Å². The highest BCUT2D eigenvalue weighted by atomic mass is 32.2. The summed E-state index contributed by atoms with van der Waals surface area (Å²) < 4.78 is 1.56. The number of thioether (sulfide) groups is 1. The van der Waals surface area contributed by atoms with Gasteiger partial charge in [0, 0.05) is 19.3 Å². The standard InChI is InChI=1S/C13H17N5OS/c1-4-18(11-8-6-5-7-9-11)12(19)10(2)20-13-14-15-16-17(13)3/h5-10H,4H2,1-3H3/t10-/m0/s1. The fraction of sp³-hybridized carbons (Fsp3) is 0.385. The van der Waals surface area contributed by atoms with Gasteiger partial charge in [0.05, 0.1) is 5.25 Å². The molecule has 0 saturated heterocycles. The molecule has 20 heavy (non-hydrogen) atoms. The Kier molecular flexibility index (Phi) is 4.73. The maximum Gasteiger partial charge on any atom is 0.240 e. The molecule has 7 heteroatoms. The molecule has 0 aliphatic heterocycles. The number of para-hydroxylation sites is 1. The molecule has 1 aromatic heterocycles. The third kappa shape index (κ3) is 3.16. The van der Waals surface area contributed by atoms with Gasteiger partial charge in [0.1, 0.15) is 0 Å². The monoisotopic (exact) mass is 291 g/mol. The summed E-state index contributed by atoms with van der Waals surface area (Å²) in [6.07, 6.45) is 0. The van der Waals surface area contributed by atoms with E-state index in [0.717, 1.165) is 5.69 Å². The maximum atomic E-state index is 12.5. The molecule has 0 aliphatic rings. The van der Waals surface area contributed by atoms with Crippen LogP contribution >= 0.6 is 11.8 Å². The molecule has 106 valence electrons. The number of carbonyl (C=O) groups excluding carboxylic acids is 1. The van der Waals surface area contributed by atoms with Crippen molar-refractivity contribution in [3.05, 3.63) is 30.3 Å². The van der Waals surface area contributed by atoms with Crippen LogP contribution in [-0.2, 0) is 11.8 Å². The molecular weight excluding hydrogens is 274 g/mol. The van der Waals surface area contributed by atoms with Crippen LogP contribution in [0.25, 0.3) is 0 Å². The Hall–Kier alpha value is -1.89. The zero-order chi connectivity index (χ0) is 14.5. The number of hydrogen-bond acceptors (Lipinski definition) is 5. The molecule has 0 bridgehead atoms. The highest BCUT2D eigenvalue weighted by Crippen LogP contribution is 2.23. The van der Waals surface area contributed by atoms with Gasteiger partial charge in [0.15, 0.2) is 0 Å². The quantitative estimate of drug-likeness (QED) is 0.785. The van der Waals surface area contributed by atoms with Crippen LogP contribution in [0.2, 0.25) is 0 Å². The number of aryl methyl sites for hydroxylation is 1. The van der Waals surface area contributed by atoms with Gasteiger partial charge < -0.3 is 4.90 Å². The Bertz CT molecular complexity index is 571. The molecule has 0 fully saturated rings. The number of benzene rings is 1. The van der Waals surface area contributed by atoms with Crippen molar-refractivity contribution in [1.82, 2.24) is 20.2 Å². The van der Waals surface area contributed by atoms with Crippen LogP contribution in [0.4, 0.5) is 5.69 Å². The molecular formula is C13H17N5OS. The minimum atomic E-state index is -0.250. The Morgan fingerprint density at radius 1 is 1.40 bits per heavy atom. The number of anilines is 1. The fourth-order valence-electron chi connectivity index (χ4n) is 1.82. The van der Waals surface area contributed by atoms with Gasteiger partial charge in [0.2, 0.25) is 11.1 Å². The first-order chi connectivity index (χ1) is 9.63. The van der Waals surface area contributed by atoms with E-state index in [1.165, 1.54) is 11.8 Å². The largest absolute Gasteiger partial charge is 0.312 e. The summed E-state index contributed by atoms with van der Waals surface area (Å²) in [5.41, 5.74) is 0.906. The summed E-state index contributed by atoms with van der Waals surface area (Å²) >= 11 is 1.36. The lowest BCUT2D eigenvalue weighted by atomic mass is 10.2. The van der Waals surface area contributed by atoms with E-state index < -0.39 is 0 Å². The molecule has 2 rings (SSSR count). The minimum Gasteiger partial charge on any atom is -0.312 e. The molecule has 0 saturated carbocycles. The molecule has 1 heterocycles. The predicted octanol–water partition coefficient (Wildman–Crippen LogP) is 1.74. The third-order valence-corrected chi connectivity index (χ3v) is 3.97. The van der Waals surface area contributed by atoms with Crippen LogP contribution in [0.3, 0.4) is 0 Å². The number of aromatic nitrogens is 4. The van der Waals surface area contributed by atoms with Crippen LogP contribution in [0.1, 0.15) is 13.8 Å². The summed E-state index contributed by atoms with van der Waals surface area (Å²) in [6, 6.07) is 9.65. The lowest BCUT2D eigenvalue weighted by Gasteiger charge is -2.23. The van der Waals surface area contributed by atoms with Crippen molar-refractivity contribution in [3.63, 3.8) is 0 Å². The first kappa shape index (κ1) is 14.5. The van der Waals surface area contributed by atoms with Crippen LogP contribution < -0.4 is 4.90 Å². The van der Waals surface area contributed by atoms with Gasteiger partial charge in [-0.1, -0.05) is 30.0 Å². The molecule has 1 amide bonds. The third-order valence-electron chi connectivity index (χ3n) is 2.86. The number of rotatable bonds is 5. The Morgan fingerprint density at radius 2 is 2.10 bits per heavy atom. The first-order valence-corrected chi connectivity index (χ1v) is 7.27. The smallest absolute Gasteiger partial charge is 0.240 e. The number of amides is 1. The first-order valence-electron chi connectivity index (χ1n) is 6.39. The number of tetrazole rings is 1. The predicted molar refractivity (Wildman–Crippen MR) is 78.6 cm³/mol. The summed E-state index contributed by atoms with van der Waals surface area (Å²) in [7, 11) is 1.76. The van der Waals surface area contributed by atoms with Crippen molar-refractivity contribution in [3.8, 4) is 0 Å². The number of nitrogens with zero attached hydrogens (tertiary/aromatic N) is 5.